The molecule has 0 bridgehead atoms. The Bertz CT molecular complexity index is 950. The van der Waals surface area contributed by atoms with Crippen molar-refractivity contribution in [3.05, 3.63) is 72.8 Å². The first-order valence-corrected chi connectivity index (χ1v) is 22.6. The molecule has 0 saturated carbocycles. The summed E-state index contributed by atoms with van der Waals surface area (Å²) in [6, 6.07) is 26.6. The molecule has 0 radical (unpaired) electrons. The molecule has 30 heavy (non-hydrogen) atoms. The summed E-state index contributed by atoms with van der Waals surface area (Å²) in [6.45, 7) is 18.9. The van der Waals surface area contributed by atoms with Gasteiger partial charge in [-0.1, -0.05) is 51.4 Å². The fourth-order valence-electron chi connectivity index (χ4n) is 3.17. The third-order valence-corrected chi connectivity index (χ3v) is 9.01. The Labute approximate surface area is 197 Å². The molecule has 4 aromatic rings. The monoisotopic (exact) mass is 480 g/mol. The summed E-state index contributed by atoms with van der Waals surface area (Å²) >= 11 is 2.27. The first kappa shape index (κ1) is 25.3. The summed E-state index contributed by atoms with van der Waals surface area (Å²) in [5.41, 5.74) is 0. The van der Waals surface area contributed by atoms with Gasteiger partial charge in [0.05, 0.1) is 16.1 Å². The van der Waals surface area contributed by atoms with Crippen LogP contribution in [0.3, 0.4) is 0 Å². The SMILES string of the molecule is C[Si](C)(C)c1cc2ccccc2[cH-]1.C[Si](C)(C)c1cc2ccccc2[cH-]1.C[Si](C)=[Ti+2]. The van der Waals surface area contributed by atoms with Gasteiger partial charge in [-0.2, -0.15) is 22.9 Å². The van der Waals surface area contributed by atoms with E-state index in [0.717, 1.165) is 0 Å². The molecule has 0 aromatic heterocycles. The Morgan fingerprint density at radius 3 is 1.20 bits per heavy atom. The van der Waals surface area contributed by atoms with Crippen molar-refractivity contribution in [3.63, 3.8) is 0 Å². The molecule has 0 aliphatic heterocycles. The molecular formula is C26H36Si3Ti. The van der Waals surface area contributed by atoms with Crippen molar-refractivity contribution in [1.29, 1.82) is 0 Å². The van der Waals surface area contributed by atoms with E-state index in [4.69, 9.17) is 0 Å². The van der Waals surface area contributed by atoms with Crippen LogP contribution in [-0.4, -0.2) is 22.3 Å². The van der Waals surface area contributed by atoms with E-state index < -0.39 is 16.1 Å². The fourth-order valence-corrected chi connectivity index (χ4v) is 5.52. The Hall–Kier alpha value is -0.975. The zero-order chi connectivity index (χ0) is 22.5. The number of fused-ring (bicyclic) bond motifs is 2. The van der Waals surface area contributed by atoms with Crippen LogP contribution in [0.4, 0.5) is 0 Å². The Balaban J connectivity index is 0.000000182. The summed E-state index contributed by atoms with van der Waals surface area (Å²) in [5.74, 6) is 0. The van der Waals surface area contributed by atoms with E-state index in [1.807, 2.05) is 0 Å². The van der Waals surface area contributed by atoms with E-state index >= 15 is 0 Å². The third-order valence-electron chi connectivity index (χ3n) is 4.97. The standard InChI is InChI=1S/2C12H15Si.C2H6Si.Ti/c2*1-13(2,3)12-8-10-6-4-5-7-11(10)9-12;1-3-2;/h2*4-9H,1-3H3;1-2H3;/q2*-1;;+2. The molecule has 0 nitrogen and oxygen atoms in total. The molecule has 0 amide bonds. The summed E-state index contributed by atoms with van der Waals surface area (Å²) < 4.78 is 0. The van der Waals surface area contributed by atoms with E-state index in [1.54, 1.807) is 10.4 Å². The third kappa shape index (κ3) is 7.62. The normalized spacial score (nSPS) is 11.5. The molecule has 0 heterocycles. The van der Waals surface area contributed by atoms with Crippen LogP contribution in [0.15, 0.2) is 72.8 Å². The van der Waals surface area contributed by atoms with Crippen molar-refractivity contribution in [2.45, 2.75) is 52.4 Å². The molecule has 0 aliphatic rings. The minimum atomic E-state index is -1.12. The summed E-state index contributed by atoms with van der Waals surface area (Å²) in [6.07, 6.45) is 0.120. The second kappa shape index (κ2) is 10.6. The van der Waals surface area contributed by atoms with Crippen molar-refractivity contribution in [3.8, 4) is 0 Å². The van der Waals surface area contributed by atoms with Crippen LogP contribution in [0.5, 0.6) is 0 Å². The molecule has 0 atom stereocenters. The summed E-state index contributed by atoms with van der Waals surface area (Å²) in [4.78, 5) is 0. The molecule has 156 valence electrons. The number of hydrogen-bond donors (Lipinski definition) is 0. The van der Waals surface area contributed by atoms with Crippen molar-refractivity contribution in [1.82, 2.24) is 0 Å². The zero-order valence-electron chi connectivity index (χ0n) is 19.9. The second-order valence-electron chi connectivity index (χ2n) is 10.2. The van der Waals surface area contributed by atoms with E-state index in [-0.39, 0.29) is 6.19 Å². The average Bonchev–Trinajstić information content (AvgIpc) is 3.25. The molecule has 4 heteroatoms. The van der Waals surface area contributed by atoms with Gasteiger partial charge in [0, 0.05) is 0 Å². The van der Waals surface area contributed by atoms with Gasteiger partial charge in [0.25, 0.3) is 0 Å². The van der Waals surface area contributed by atoms with Crippen LogP contribution in [0, 0.1) is 0 Å². The molecule has 4 rings (SSSR count). The van der Waals surface area contributed by atoms with Gasteiger partial charge in [0.15, 0.2) is 0 Å². The van der Waals surface area contributed by atoms with Gasteiger partial charge < -0.3 is 0 Å². The quantitative estimate of drug-likeness (QED) is 0.214. The van der Waals surface area contributed by atoms with Gasteiger partial charge in [0.2, 0.25) is 0 Å². The first-order chi connectivity index (χ1) is 13.9. The van der Waals surface area contributed by atoms with Crippen LogP contribution in [0.1, 0.15) is 0 Å². The van der Waals surface area contributed by atoms with Crippen LogP contribution >= 0.6 is 0 Å². The fraction of sp³-hybridized carbons (Fsp3) is 0.308. The van der Waals surface area contributed by atoms with Crippen molar-refractivity contribution in [2.24, 2.45) is 0 Å². The molecule has 0 N–H and O–H groups in total. The van der Waals surface area contributed by atoms with Crippen LogP contribution in [0.25, 0.3) is 21.5 Å². The van der Waals surface area contributed by atoms with Crippen molar-refractivity contribution in [2.75, 3.05) is 0 Å². The van der Waals surface area contributed by atoms with Gasteiger partial charge in [-0.15, -0.1) is 69.7 Å². The molecule has 0 spiro atoms. The van der Waals surface area contributed by atoms with E-state index in [1.165, 1.54) is 21.5 Å². The second-order valence-corrected chi connectivity index (χ2v) is 27.1. The number of rotatable bonds is 2. The van der Waals surface area contributed by atoms with Crippen LogP contribution in [0.2, 0.25) is 52.4 Å². The van der Waals surface area contributed by atoms with Gasteiger partial charge in [-0.25, -0.2) is 0 Å². The van der Waals surface area contributed by atoms with E-state index in [2.05, 4.69) is 144 Å². The molecule has 0 aliphatic carbocycles. The molecule has 4 aromatic carbocycles. The Morgan fingerprint density at radius 2 is 0.933 bits per heavy atom. The number of hydrogen-bond acceptors (Lipinski definition) is 0. The van der Waals surface area contributed by atoms with Crippen molar-refractivity contribution >= 4 is 54.3 Å². The maximum absolute atomic E-state index is 2.39. The van der Waals surface area contributed by atoms with Gasteiger partial charge in [-0.3, -0.25) is 0 Å². The predicted octanol–water partition coefficient (Wildman–Crippen LogP) is 6.99. The Morgan fingerprint density at radius 1 is 0.633 bits per heavy atom. The van der Waals surface area contributed by atoms with Crippen LogP contribution < -0.4 is 10.4 Å². The van der Waals surface area contributed by atoms with E-state index in [9.17, 15) is 0 Å². The molecular weight excluding hydrogens is 444 g/mol. The van der Waals surface area contributed by atoms with Crippen LogP contribution in [-0.2, 0) is 19.2 Å². The average molecular weight is 481 g/mol. The van der Waals surface area contributed by atoms with E-state index in [0.29, 0.717) is 0 Å². The molecule has 0 fully saturated rings. The Kier molecular flexibility index (Phi) is 8.90. The van der Waals surface area contributed by atoms with Gasteiger partial charge in [-0.05, 0) is 0 Å². The predicted molar refractivity (Wildman–Crippen MR) is 143 cm³/mol. The van der Waals surface area contributed by atoms with Gasteiger partial charge in [0.1, 0.15) is 0 Å². The first-order valence-electron chi connectivity index (χ1n) is 10.7. The van der Waals surface area contributed by atoms with Gasteiger partial charge >= 0.3 is 38.5 Å². The van der Waals surface area contributed by atoms with Crippen molar-refractivity contribution < 1.29 is 19.2 Å². The summed E-state index contributed by atoms with van der Waals surface area (Å²) in [5, 5.41) is 8.68. The topological polar surface area (TPSA) is 0 Å². The minimum absolute atomic E-state index is 0.120. The number of benzene rings is 2. The molecule has 0 saturated heterocycles. The zero-order valence-corrected chi connectivity index (χ0v) is 24.5. The summed E-state index contributed by atoms with van der Waals surface area (Å²) in [7, 11) is -2.23. The molecule has 0 unspecified atom stereocenters. The maximum atomic E-state index is 2.39.